The van der Waals surface area contributed by atoms with Gasteiger partial charge in [-0.3, -0.25) is 8.78 Å². The minimum absolute atomic E-state index is 0.0946. The summed E-state index contributed by atoms with van der Waals surface area (Å²) in [5.41, 5.74) is 13.8. The highest BCUT2D eigenvalue weighted by atomic mass is 20.0. The lowest BCUT2D eigenvalue weighted by Crippen LogP contribution is -2.06. The molecule has 0 bridgehead atoms. The quantitative estimate of drug-likeness (QED) is 0.0710. The van der Waals surface area contributed by atoms with Gasteiger partial charge in [-0.1, -0.05) is 193 Å². The lowest BCUT2D eigenvalue weighted by Gasteiger charge is -2.26. The van der Waals surface area contributed by atoms with Crippen LogP contribution in [-0.2, 0) is 12.4 Å². The van der Waals surface area contributed by atoms with Gasteiger partial charge in [0, 0.05) is 36.6 Å². The largest absolute Gasteiger partial charge is 0.497 e. The number of aryl methyl sites for hydroxylation is 2. The number of hydrogen-bond donors (Lipinski definition) is 0. The molecule has 0 N–H and O–H groups in total. The van der Waals surface area contributed by atoms with Gasteiger partial charge < -0.3 is 28.4 Å². The number of benzene rings is 16. The molecular weight excluding hydrogens is 1600 g/mol. The van der Waals surface area contributed by atoms with E-state index in [1.165, 1.54) is 18.2 Å². The van der Waals surface area contributed by atoms with E-state index in [1.807, 2.05) is 151 Å². The first-order valence-corrected chi connectivity index (χ1v) is 37.8. The highest BCUT2D eigenvalue weighted by Gasteiger charge is 2.35. The first kappa shape index (κ1) is 92.6. The van der Waals surface area contributed by atoms with E-state index in [9.17, 15) is 35.1 Å². The molecule has 0 unspecified atom stereocenters. The molecule has 6 nitrogen and oxygen atoms in total. The number of ether oxygens (including phenoxy) is 6. The van der Waals surface area contributed by atoms with Crippen molar-refractivity contribution in [2.24, 2.45) is 0 Å². The third-order valence-electron chi connectivity index (χ3n) is 20.3. The summed E-state index contributed by atoms with van der Waals surface area (Å²) in [7, 11) is 7.86. The van der Waals surface area contributed by atoms with Crippen LogP contribution in [0.5, 0.6) is 34.5 Å². The number of hydrogen-bond acceptors (Lipinski definition) is 6. The van der Waals surface area contributed by atoms with E-state index < -0.39 is 23.5 Å². The highest BCUT2D eigenvalue weighted by Crippen LogP contribution is 2.58. The van der Waals surface area contributed by atoms with E-state index >= 15 is 0 Å². The van der Waals surface area contributed by atoms with Gasteiger partial charge in [0.2, 0.25) is 0 Å². The van der Waals surface area contributed by atoms with Crippen molar-refractivity contribution >= 4 is 64.6 Å². The van der Waals surface area contributed by atoms with Gasteiger partial charge in [-0.2, -0.15) is 26.3 Å². The molecule has 16 rings (SSSR count). The Kier molecular flexibility index (Phi) is 32.0. The molecule has 22 heteroatoms. The Bertz CT molecular complexity index is 6010. The van der Waals surface area contributed by atoms with Crippen LogP contribution in [0, 0.1) is 13.8 Å². The maximum absolute atomic E-state index is 14.6. The van der Waals surface area contributed by atoms with E-state index in [2.05, 4.69) is 121 Å². The predicted octanol–water partition coefficient (Wildman–Crippen LogP) is 32.4. The summed E-state index contributed by atoms with van der Waals surface area (Å²) in [5.74, 6) is 4.37. The van der Waals surface area contributed by atoms with Crippen LogP contribution in [0.3, 0.4) is 0 Å². The van der Waals surface area contributed by atoms with Gasteiger partial charge in [0.1, 0.15) is 34.5 Å². The van der Waals surface area contributed by atoms with Gasteiger partial charge in [0.15, 0.2) is 0 Å². The zero-order valence-corrected chi connectivity index (χ0v) is 68.2. The molecule has 16 aromatic carbocycles. The number of methoxy groups -OCH3 is 4. The molecule has 0 fully saturated rings. The Labute approximate surface area is 695 Å². The second-order valence-corrected chi connectivity index (χ2v) is 28.1. The summed E-state index contributed by atoms with van der Waals surface area (Å²) in [6.07, 6.45) is -9.60. The van der Waals surface area contributed by atoms with Crippen molar-refractivity contribution in [2.75, 3.05) is 42.8 Å². The van der Waals surface area contributed by atoms with E-state index in [-0.39, 0.29) is 12.2 Å². The van der Waals surface area contributed by atoms with Gasteiger partial charge in [-0.05, 0) is 292 Å². The smallest absolute Gasteiger partial charge is 0.416 e. The molecule has 0 heterocycles. The van der Waals surface area contributed by atoms with Crippen LogP contribution >= 0.6 is 0 Å². The maximum atomic E-state index is 14.6. The summed E-state index contributed by atoms with van der Waals surface area (Å²) >= 11 is 0. The summed E-state index contributed by atoms with van der Waals surface area (Å²) < 4.78 is 206. The van der Waals surface area contributed by atoms with Crippen LogP contribution in [0.15, 0.2) is 279 Å². The standard InChI is InChI=1S/C52H42F6O2.C46H36O4.2CH3F.4F2/c1-29(2)59-39-20-18-34(19-21-39)46-42-24-22-40(60-30(3)4)28-44(42)48(36-10-8-12-38(27-36)52(56,57)58)50-45(33-16-13-31(5)14-17-33)41-23-15-32(6)25-43(41)47(49(46)50)35-9-7-11-37(26-35)51(53,54)55;1-47-33-19-15-31(16-20-33)41-37-25-23-35(49-3)27-39(37)44(30-13-9-6-10-14-30)46-42(32-17-21-34(48-2)22-18-32)38-26-24-36(50-4)28-40(38)43(45(41)46)29-11-7-5-8-12-29;6*1-2/h7-30H,1-6H3;5-28H,1-4H3;2*1H3;;;;. The molecule has 122 heavy (non-hydrogen) atoms. The Hall–Kier alpha value is -13.2. The Morgan fingerprint density at radius 1 is 0.221 bits per heavy atom. The van der Waals surface area contributed by atoms with Gasteiger partial charge in [0.25, 0.3) is 0 Å². The van der Waals surface area contributed by atoms with Crippen molar-refractivity contribution in [3.05, 3.63) is 301 Å². The lowest BCUT2D eigenvalue weighted by atomic mass is 9.77. The molecule has 0 radical (unpaired) electrons. The van der Waals surface area contributed by atoms with Crippen LogP contribution in [0.4, 0.5) is 71.7 Å². The van der Waals surface area contributed by atoms with E-state index in [4.69, 9.17) is 65.0 Å². The fourth-order valence-electron chi connectivity index (χ4n) is 15.6. The summed E-state index contributed by atoms with van der Waals surface area (Å²) in [6, 6.07) is 88.7. The maximum Gasteiger partial charge on any atom is 0.416 e. The number of fused-ring (bicyclic) bond motifs is 6. The molecule has 0 atom stereocenters. The first-order valence-electron chi connectivity index (χ1n) is 37.8. The minimum atomic E-state index is -4.65. The summed E-state index contributed by atoms with van der Waals surface area (Å²) in [6.45, 7) is 11.6. The van der Waals surface area contributed by atoms with Gasteiger partial charge in [-0.15, -0.1) is 0 Å². The van der Waals surface area contributed by atoms with Crippen molar-refractivity contribution < 1.29 is 100 Å². The molecule has 0 saturated carbocycles. The van der Waals surface area contributed by atoms with Crippen molar-refractivity contribution in [3.63, 3.8) is 0 Å². The number of halogens is 16. The normalized spacial score (nSPS) is 10.9. The average Bonchev–Trinajstić information content (AvgIpc) is 0.698. The summed E-state index contributed by atoms with van der Waals surface area (Å²) in [5, 5.41) is 10.7. The zero-order chi connectivity index (χ0) is 88.9. The number of alkyl halides is 8. The number of rotatable bonds is 16. The van der Waals surface area contributed by atoms with Crippen molar-refractivity contribution in [1.29, 1.82) is 0 Å². The SMILES string of the molecule is CF.CF.COc1ccc(-c2c3ccc(OC)cc3c(-c3ccccc3)c3c(-c4ccc(OC)cc4)c4ccc(OC)cc4c(-c4ccccc4)c23)cc1.Cc1ccc(-c2c3ccc(C)cc3c(-c3cccc(C(F)(F)F)c3)c3c(-c4ccc(OC(C)C)cc4)c4ccc(OC(C)C)cc4c(-c4cccc(C(F)(F)F)c4)c23)cc1.FF.FF.FF.FF. The molecular formula is C100H84F16O6. The third kappa shape index (κ3) is 19.6. The van der Waals surface area contributed by atoms with E-state index in [1.54, 1.807) is 40.6 Å². The Balaban J connectivity index is 0.000000250. The average molecular weight is 1690 g/mol. The Morgan fingerprint density at radius 3 is 0.779 bits per heavy atom. The molecule has 0 aliphatic carbocycles. The van der Waals surface area contributed by atoms with Gasteiger partial charge in [-0.25, -0.2) is 0 Å². The monoisotopic (exact) mass is 1680 g/mol. The predicted molar refractivity (Wildman–Crippen MR) is 462 cm³/mol. The minimum Gasteiger partial charge on any atom is -0.497 e. The molecule has 0 aliphatic rings. The first-order chi connectivity index (χ1) is 59.1. The van der Waals surface area contributed by atoms with Crippen molar-refractivity contribution in [2.45, 2.75) is 66.1 Å². The summed E-state index contributed by atoms with van der Waals surface area (Å²) in [4.78, 5) is 0. The fourth-order valence-corrected chi connectivity index (χ4v) is 15.6. The van der Waals surface area contributed by atoms with Crippen LogP contribution in [0.2, 0.25) is 0 Å². The molecule has 632 valence electrons. The van der Waals surface area contributed by atoms with Gasteiger partial charge in [0.05, 0.1) is 66.1 Å². The molecule has 0 saturated heterocycles. The fraction of sp³-hybridized carbons (Fsp3) is 0.160. The third-order valence-corrected chi connectivity index (χ3v) is 20.3. The highest BCUT2D eigenvalue weighted by molar-refractivity contribution is 6.36. The topological polar surface area (TPSA) is 55.4 Å². The van der Waals surface area contributed by atoms with Gasteiger partial charge >= 0.3 is 12.4 Å². The Morgan fingerprint density at radius 2 is 0.459 bits per heavy atom. The van der Waals surface area contributed by atoms with Crippen LogP contribution in [-0.4, -0.2) is 55.0 Å². The van der Waals surface area contributed by atoms with E-state index in [0.29, 0.717) is 80.6 Å². The van der Waals surface area contributed by atoms with Crippen LogP contribution < -0.4 is 28.4 Å². The lowest BCUT2D eigenvalue weighted by molar-refractivity contribution is -0.138. The second kappa shape index (κ2) is 42.1. The molecule has 16 aromatic rings. The van der Waals surface area contributed by atoms with Crippen molar-refractivity contribution in [3.8, 4) is 124 Å². The van der Waals surface area contributed by atoms with Crippen molar-refractivity contribution in [1.82, 2.24) is 0 Å². The molecule has 0 spiro atoms. The van der Waals surface area contributed by atoms with Crippen LogP contribution in [0.1, 0.15) is 49.9 Å². The van der Waals surface area contributed by atoms with Crippen LogP contribution in [0.25, 0.3) is 154 Å². The second-order valence-electron chi connectivity index (χ2n) is 28.1. The van der Waals surface area contributed by atoms with E-state index in [0.717, 1.165) is 151 Å². The molecule has 0 aliphatic heterocycles. The molecule has 0 aromatic heterocycles. The zero-order valence-electron chi connectivity index (χ0n) is 68.2. The molecule has 0 amide bonds.